The van der Waals surface area contributed by atoms with Gasteiger partial charge in [-0.15, -0.1) is 0 Å². The number of nitrogens with one attached hydrogen (secondary N) is 3. The Kier molecular flexibility index (Phi) is 15.8. The summed E-state index contributed by atoms with van der Waals surface area (Å²) in [5, 5.41) is 9.62. The molecule has 3 N–H and O–H groups in total. The maximum atomic E-state index is 13.7. The number of unbranched alkanes of at least 4 members (excludes halogenated alkanes) is 2. The van der Waals surface area contributed by atoms with E-state index >= 15 is 0 Å². The lowest BCUT2D eigenvalue weighted by atomic mass is 10.0. The van der Waals surface area contributed by atoms with Gasteiger partial charge in [0.25, 0.3) is 17.7 Å². The van der Waals surface area contributed by atoms with Crippen LogP contribution in [0, 0.1) is 0 Å². The zero-order chi connectivity index (χ0) is 47.1. The molecule has 4 aliphatic rings. The summed E-state index contributed by atoms with van der Waals surface area (Å²) in [6, 6.07) is 12.1. The highest BCUT2D eigenvalue weighted by atomic mass is 35.5. The van der Waals surface area contributed by atoms with Crippen LogP contribution in [0.5, 0.6) is 5.75 Å². The largest absolute Gasteiger partial charge is 0.496 e. The molecule has 0 aromatic heterocycles. The molecule has 0 saturated carbocycles. The summed E-state index contributed by atoms with van der Waals surface area (Å²) >= 11 is 19.2. The van der Waals surface area contributed by atoms with E-state index in [1.807, 2.05) is 4.90 Å². The van der Waals surface area contributed by atoms with Crippen molar-refractivity contribution < 1.29 is 43.1 Å². The maximum absolute atomic E-state index is 13.7. The van der Waals surface area contributed by atoms with E-state index < -0.39 is 29.7 Å². The number of fused-ring (bicyclic) bond motifs is 1. The highest BCUT2D eigenvalue weighted by Crippen LogP contribution is 2.39. The summed E-state index contributed by atoms with van der Waals surface area (Å²) in [4.78, 5) is 111. The molecule has 0 radical (unpaired) electrons. The second kappa shape index (κ2) is 21.7. The molecule has 4 heterocycles. The number of benzene rings is 3. The van der Waals surface area contributed by atoms with E-state index in [1.54, 1.807) is 63.2 Å². The molecular formula is C46H51Cl3N8O9. The molecule has 1 atom stereocenters. The fourth-order valence-corrected chi connectivity index (χ4v) is 9.26. The molecule has 3 aromatic rings. The lowest BCUT2D eigenvalue weighted by molar-refractivity contribution is -0.139. The minimum Gasteiger partial charge on any atom is -0.496 e. The van der Waals surface area contributed by atoms with Gasteiger partial charge in [-0.2, -0.15) is 0 Å². The highest BCUT2D eigenvalue weighted by molar-refractivity contribution is 6.38. The van der Waals surface area contributed by atoms with Gasteiger partial charge in [-0.1, -0.05) is 40.9 Å². The number of methoxy groups -OCH3 is 1. The number of ether oxygens (including phenoxy) is 1. The predicted molar refractivity (Wildman–Crippen MR) is 247 cm³/mol. The van der Waals surface area contributed by atoms with Crippen LogP contribution >= 0.6 is 34.8 Å². The molecule has 3 aromatic carbocycles. The Morgan fingerprint density at radius 3 is 2.06 bits per heavy atom. The first-order valence-corrected chi connectivity index (χ1v) is 23.1. The number of imide groups is 2. The fraction of sp³-hybridized carbons (Fsp3) is 0.435. The summed E-state index contributed by atoms with van der Waals surface area (Å²) in [5.41, 5.74) is 2.34. The third-order valence-electron chi connectivity index (χ3n) is 12.3. The summed E-state index contributed by atoms with van der Waals surface area (Å²) in [6.45, 7) is 4.42. The molecule has 20 heteroatoms. The van der Waals surface area contributed by atoms with Gasteiger partial charge in [0.2, 0.25) is 29.5 Å². The molecule has 0 bridgehead atoms. The van der Waals surface area contributed by atoms with Gasteiger partial charge in [0.15, 0.2) is 0 Å². The fourth-order valence-electron chi connectivity index (χ4n) is 8.61. The number of rotatable bonds is 16. The lowest BCUT2D eigenvalue weighted by Crippen LogP contribution is -2.54. The van der Waals surface area contributed by atoms with Crippen LogP contribution in [0.2, 0.25) is 15.1 Å². The molecule has 8 amide bonds. The van der Waals surface area contributed by atoms with Gasteiger partial charge in [-0.3, -0.25) is 53.5 Å². The topological polar surface area (TPSA) is 198 Å². The van der Waals surface area contributed by atoms with Gasteiger partial charge in [0.05, 0.1) is 35.4 Å². The third-order valence-corrected chi connectivity index (χ3v) is 13.1. The molecule has 0 spiro atoms. The first-order chi connectivity index (χ1) is 31.7. The van der Waals surface area contributed by atoms with Crippen LogP contribution in [0.1, 0.15) is 76.0 Å². The Balaban J connectivity index is 0.760. The van der Waals surface area contributed by atoms with Gasteiger partial charge in [-0.25, -0.2) is 0 Å². The van der Waals surface area contributed by atoms with E-state index in [2.05, 4.69) is 16.0 Å². The minimum atomic E-state index is -1.03. The number of halogens is 3. The van der Waals surface area contributed by atoms with Gasteiger partial charge in [-0.05, 0) is 62.1 Å². The average molecular weight is 966 g/mol. The van der Waals surface area contributed by atoms with E-state index in [0.29, 0.717) is 109 Å². The van der Waals surface area contributed by atoms with Gasteiger partial charge < -0.3 is 30.1 Å². The Morgan fingerprint density at radius 1 is 0.727 bits per heavy atom. The number of piperidine rings is 1. The van der Waals surface area contributed by atoms with Crippen molar-refractivity contribution >= 4 is 87.7 Å². The van der Waals surface area contributed by atoms with Gasteiger partial charge in [0, 0.05) is 118 Å². The van der Waals surface area contributed by atoms with E-state index in [1.165, 1.54) is 7.11 Å². The van der Waals surface area contributed by atoms with Crippen LogP contribution in [0.25, 0.3) is 11.1 Å². The number of carbonyl (C=O) groups is 8. The van der Waals surface area contributed by atoms with Crippen molar-refractivity contribution in [3.8, 4) is 16.9 Å². The number of piperazine rings is 2. The second-order valence-electron chi connectivity index (χ2n) is 16.5. The molecule has 3 fully saturated rings. The molecule has 66 heavy (non-hydrogen) atoms. The molecule has 4 aliphatic heterocycles. The number of hydrogen-bond donors (Lipinski definition) is 3. The number of carbonyl (C=O) groups excluding carboxylic acids is 8. The second-order valence-corrected chi connectivity index (χ2v) is 17.7. The summed E-state index contributed by atoms with van der Waals surface area (Å²) in [6.07, 6.45) is 2.52. The molecule has 1 unspecified atom stereocenters. The molecule has 0 aliphatic carbocycles. The highest BCUT2D eigenvalue weighted by Gasteiger charge is 2.45. The number of hydrogen-bond acceptors (Lipinski definition) is 11. The normalized spacial score (nSPS) is 17.7. The Morgan fingerprint density at radius 2 is 1.38 bits per heavy atom. The number of anilines is 1. The van der Waals surface area contributed by atoms with Gasteiger partial charge >= 0.3 is 0 Å². The number of amides is 8. The zero-order valence-electron chi connectivity index (χ0n) is 36.5. The first-order valence-electron chi connectivity index (χ1n) is 22.0. The smallest absolute Gasteiger partial charge is 0.264 e. The van der Waals surface area contributed by atoms with E-state index in [-0.39, 0.29) is 67.0 Å². The van der Waals surface area contributed by atoms with E-state index in [0.717, 1.165) is 24.2 Å². The third kappa shape index (κ3) is 11.1. The monoisotopic (exact) mass is 964 g/mol. The molecule has 3 saturated heterocycles. The van der Waals surface area contributed by atoms with Crippen LogP contribution in [0.4, 0.5) is 5.69 Å². The first kappa shape index (κ1) is 48.2. The lowest BCUT2D eigenvalue weighted by Gasteiger charge is -2.36. The Hall–Kier alpha value is -5.75. The van der Waals surface area contributed by atoms with Crippen LogP contribution in [-0.4, -0.2) is 157 Å². The van der Waals surface area contributed by atoms with Crippen LogP contribution in [0.3, 0.4) is 0 Å². The molecule has 7 rings (SSSR count). The van der Waals surface area contributed by atoms with E-state index in [9.17, 15) is 38.4 Å². The molecule has 350 valence electrons. The van der Waals surface area contributed by atoms with Crippen LogP contribution in [-0.2, 0) is 24.0 Å². The van der Waals surface area contributed by atoms with Crippen molar-refractivity contribution in [3.63, 3.8) is 0 Å². The van der Waals surface area contributed by atoms with Crippen LogP contribution in [0.15, 0.2) is 48.5 Å². The standard InChI is InChI=1S/C46H51Cl3N8O9/c1-66-37-26-34(49)31(30-24-28(47)8-9-33(30)48)25-32(37)44(63)56-22-20-55(21-23-56)41(61)13-12-40(60)54-18-16-53(17-19-54)27-39(59)51-15-4-2-3-14-50-35-7-5-6-29-42(35)46(65)57(45(29)64)36-10-11-38(58)52-43(36)62/h5-9,24-26,36,50H,2-4,10-23,27H2,1H3,(H,51,59)(H,52,58,62). The Bertz CT molecular complexity index is 2420. The zero-order valence-corrected chi connectivity index (χ0v) is 38.7. The van der Waals surface area contributed by atoms with Crippen molar-refractivity contribution in [2.24, 2.45) is 0 Å². The summed E-state index contributed by atoms with van der Waals surface area (Å²) in [5.74, 6) is -2.56. The average Bonchev–Trinajstić information content (AvgIpc) is 3.57. The SMILES string of the molecule is COc1cc(Cl)c(-c2cc(Cl)ccc2Cl)cc1C(=O)N1CCN(C(=O)CCC(=O)N2CCN(CC(=O)NCCCCCNc3cccc4c3C(=O)N(C3CCC(=O)NC3=O)C4=O)CC2)CC1. The Labute approximate surface area is 397 Å². The van der Waals surface area contributed by atoms with Crippen molar-refractivity contribution in [1.82, 2.24) is 35.1 Å². The quantitative estimate of drug-likeness (QED) is 0.137. The summed E-state index contributed by atoms with van der Waals surface area (Å²) < 4.78 is 5.50. The van der Waals surface area contributed by atoms with Crippen molar-refractivity contribution in [3.05, 3.63) is 80.3 Å². The predicted octanol–water partition coefficient (Wildman–Crippen LogP) is 4.33. The minimum absolute atomic E-state index is 0.0489. The van der Waals surface area contributed by atoms with Crippen LogP contribution < -0.4 is 20.7 Å². The van der Waals surface area contributed by atoms with Crippen molar-refractivity contribution in [2.75, 3.05) is 84.4 Å². The molecular weight excluding hydrogens is 915 g/mol. The summed E-state index contributed by atoms with van der Waals surface area (Å²) in [7, 11) is 1.46. The number of nitrogens with zero attached hydrogens (tertiary/aromatic N) is 5. The maximum Gasteiger partial charge on any atom is 0.264 e. The van der Waals surface area contributed by atoms with Crippen molar-refractivity contribution in [1.29, 1.82) is 0 Å². The van der Waals surface area contributed by atoms with E-state index in [4.69, 9.17) is 39.5 Å². The molecule has 17 nitrogen and oxygen atoms in total. The van der Waals surface area contributed by atoms with Crippen molar-refractivity contribution in [2.45, 2.75) is 51.0 Å². The van der Waals surface area contributed by atoms with Gasteiger partial charge in [0.1, 0.15) is 11.8 Å².